The molecule has 1 aliphatic heterocycles. The van der Waals surface area contributed by atoms with Gasteiger partial charge in [-0.2, -0.15) is 0 Å². The van der Waals surface area contributed by atoms with Crippen molar-refractivity contribution in [3.63, 3.8) is 0 Å². The lowest BCUT2D eigenvalue weighted by Crippen LogP contribution is -2.49. The van der Waals surface area contributed by atoms with Gasteiger partial charge in [-0.25, -0.2) is 0 Å². The molecule has 21 heavy (non-hydrogen) atoms. The first-order valence-electron chi connectivity index (χ1n) is 7.09. The van der Waals surface area contributed by atoms with E-state index in [0.29, 0.717) is 28.8 Å². The number of carboxylic acid groups (broad SMARTS) is 1. The van der Waals surface area contributed by atoms with Crippen molar-refractivity contribution in [2.75, 3.05) is 13.1 Å². The SMILES string of the molecule is CCC(C(=O)O)N1CCCC(Oc2ccc(Cl)c(Cl)c2)C1. The molecule has 2 atom stereocenters. The summed E-state index contributed by atoms with van der Waals surface area (Å²) in [4.78, 5) is 13.2. The molecule has 1 heterocycles. The molecule has 4 nitrogen and oxygen atoms in total. The Balaban J connectivity index is 2.00. The molecule has 1 aromatic carbocycles. The maximum Gasteiger partial charge on any atom is 0.320 e. The highest BCUT2D eigenvalue weighted by Gasteiger charge is 2.29. The van der Waals surface area contributed by atoms with Gasteiger partial charge in [-0.05, 0) is 37.9 Å². The van der Waals surface area contributed by atoms with Crippen LogP contribution in [0.2, 0.25) is 10.0 Å². The molecule has 2 unspecified atom stereocenters. The van der Waals surface area contributed by atoms with E-state index in [9.17, 15) is 9.90 Å². The van der Waals surface area contributed by atoms with Crippen LogP contribution in [-0.4, -0.2) is 41.2 Å². The van der Waals surface area contributed by atoms with Crippen molar-refractivity contribution in [3.8, 4) is 5.75 Å². The summed E-state index contributed by atoms with van der Waals surface area (Å²) in [6, 6.07) is 4.73. The summed E-state index contributed by atoms with van der Waals surface area (Å²) in [5, 5.41) is 10.2. The van der Waals surface area contributed by atoms with E-state index in [1.165, 1.54) is 0 Å². The third-order valence-electron chi connectivity index (χ3n) is 3.72. The topological polar surface area (TPSA) is 49.8 Å². The Labute approximate surface area is 134 Å². The van der Waals surface area contributed by atoms with E-state index in [2.05, 4.69) is 0 Å². The zero-order valence-electron chi connectivity index (χ0n) is 11.9. The fourth-order valence-electron chi connectivity index (χ4n) is 2.68. The lowest BCUT2D eigenvalue weighted by Gasteiger charge is -2.36. The van der Waals surface area contributed by atoms with Crippen LogP contribution in [0.15, 0.2) is 18.2 Å². The Morgan fingerprint density at radius 1 is 1.48 bits per heavy atom. The average molecular weight is 332 g/mol. The molecular weight excluding hydrogens is 313 g/mol. The fraction of sp³-hybridized carbons (Fsp3) is 0.533. The second kappa shape index (κ2) is 7.34. The predicted octanol–water partition coefficient (Wildman–Crippen LogP) is 3.70. The zero-order chi connectivity index (χ0) is 15.4. The molecule has 116 valence electrons. The van der Waals surface area contributed by atoms with Gasteiger partial charge >= 0.3 is 5.97 Å². The van der Waals surface area contributed by atoms with E-state index in [4.69, 9.17) is 27.9 Å². The highest BCUT2D eigenvalue weighted by atomic mass is 35.5. The summed E-state index contributed by atoms with van der Waals surface area (Å²) < 4.78 is 5.92. The van der Waals surface area contributed by atoms with Gasteiger partial charge in [0, 0.05) is 12.6 Å². The van der Waals surface area contributed by atoms with Gasteiger partial charge in [-0.15, -0.1) is 0 Å². The van der Waals surface area contributed by atoms with E-state index in [-0.39, 0.29) is 6.10 Å². The number of hydrogen-bond acceptors (Lipinski definition) is 3. The number of carboxylic acids is 1. The first kappa shape index (κ1) is 16.4. The number of benzene rings is 1. The molecule has 0 bridgehead atoms. The molecule has 0 aliphatic carbocycles. The molecule has 1 fully saturated rings. The average Bonchev–Trinajstić information content (AvgIpc) is 2.44. The molecule has 0 amide bonds. The second-order valence-electron chi connectivity index (χ2n) is 5.22. The van der Waals surface area contributed by atoms with E-state index < -0.39 is 12.0 Å². The molecule has 0 spiro atoms. The van der Waals surface area contributed by atoms with Crippen LogP contribution < -0.4 is 4.74 Å². The van der Waals surface area contributed by atoms with E-state index in [1.54, 1.807) is 18.2 Å². The van der Waals surface area contributed by atoms with Crippen molar-refractivity contribution in [3.05, 3.63) is 28.2 Å². The van der Waals surface area contributed by atoms with Crippen molar-refractivity contribution in [1.82, 2.24) is 4.90 Å². The van der Waals surface area contributed by atoms with Crippen molar-refractivity contribution >= 4 is 29.2 Å². The maximum absolute atomic E-state index is 11.3. The molecule has 1 aromatic rings. The zero-order valence-corrected chi connectivity index (χ0v) is 13.4. The lowest BCUT2D eigenvalue weighted by atomic mass is 10.0. The number of likely N-dealkylation sites (tertiary alicyclic amines) is 1. The minimum atomic E-state index is -0.771. The maximum atomic E-state index is 11.3. The number of piperidine rings is 1. The van der Waals surface area contributed by atoms with E-state index >= 15 is 0 Å². The first-order valence-corrected chi connectivity index (χ1v) is 7.85. The molecule has 6 heteroatoms. The van der Waals surface area contributed by atoms with Crippen LogP contribution in [0, 0.1) is 0 Å². The van der Waals surface area contributed by atoms with Crippen LogP contribution in [0.5, 0.6) is 5.75 Å². The van der Waals surface area contributed by atoms with Crippen LogP contribution in [-0.2, 0) is 4.79 Å². The first-order chi connectivity index (χ1) is 10.0. The van der Waals surface area contributed by atoms with Gasteiger partial charge in [0.1, 0.15) is 17.9 Å². The number of nitrogens with zero attached hydrogens (tertiary/aromatic N) is 1. The van der Waals surface area contributed by atoms with E-state index in [0.717, 1.165) is 19.4 Å². The third kappa shape index (κ3) is 4.25. The molecule has 1 N–H and O–H groups in total. The van der Waals surface area contributed by atoms with E-state index in [1.807, 2.05) is 11.8 Å². The third-order valence-corrected chi connectivity index (χ3v) is 4.45. The smallest absolute Gasteiger partial charge is 0.320 e. The quantitative estimate of drug-likeness (QED) is 0.893. The van der Waals surface area contributed by atoms with Crippen LogP contribution in [0.3, 0.4) is 0 Å². The van der Waals surface area contributed by atoms with Gasteiger partial charge in [0.2, 0.25) is 0 Å². The van der Waals surface area contributed by atoms with Crippen LogP contribution in [0.4, 0.5) is 0 Å². The standard InChI is InChI=1S/C15H19Cl2NO3/c1-2-14(15(19)20)18-7-3-4-11(9-18)21-10-5-6-12(16)13(17)8-10/h5-6,8,11,14H,2-4,7,9H2,1H3,(H,19,20). The molecule has 1 aliphatic rings. The number of aliphatic carboxylic acids is 1. The van der Waals surface area contributed by atoms with Crippen molar-refractivity contribution < 1.29 is 14.6 Å². The number of halogens is 2. The number of ether oxygens (including phenoxy) is 1. The number of hydrogen-bond donors (Lipinski definition) is 1. The summed E-state index contributed by atoms with van der Waals surface area (Å²) in [5.41, 5.74) is 0. The van der Waals surface area contributed by atoms with Gasteiger partial charge in [0.05, 0.1) is 10.0 Å². The highest BCUT2D eigenvalue weighted by molar-refractivity contribution is 6.42. The van der Waals surface area contributed by atoms with Gasteiger partial charge < -0.3 is 9.84 Å². The molecular formula is C15H19Cl2NO3. The Hall–Kier alpha value is -0.970. The van der Waals surface area contributed by atoms with Crippen molar-refractivity contribution in [1.29, 1.82) is 0 Å². The van der Waals surface area contributed by atoms with Crippen LogP contribution in [0.25, 0.3) is 0 Å². The Kier molecular flexibility index (Phi) is 5.73. The molecule has 2 rings (SSSR count). The summed E-state index contributed by atoms with van der Waals surface area (Å²) in [7, 11) is 0. The Bertz CT molecular complexity index is 510. The fourth-order valence-corrected chi connectivity index (χ4v) is 2.97. The van der Waals surface area contributed by atoms with Crippen molar-refractivity contribution in [2.24, 2.45) is 0 Å². The van der Waals surface area contributed by atoms with Crippen molar-refractivity contribution in [2.45, 2.75) is 38.3 Å². The highest BCUT2D eigenvalue weighted by Crippen LogP contribution is 2.28. The van der Waals surface area contributed by atoms with Crippen LogP contribution >= 0.6 is 23.2 Å². The summed E-state index contributed by atoms with van der Waals surface area (Å²) >= 11 is 11.9. The monoisotopic (exact) mass is 331 g/mol. The Morgan fingerprint density at radius 3 is 2.86 bits per heavy atom. The minimum absolute atomic E-state index is 0.0237. The summed E-state index contributed by atoms with van der Waals surface area (Å²) in [5.74, 6) is -0.104. The van der Waals surface area contributed by atoms with Gasteiger partial charge in [0.25, 0.3) is 0 Å². The predicted molar refractivity (Wildman–Crippen MR) is 83.4 cm³/mol. The van der Waals surface area contributed by atoms with Gasteiger partial charge in [-0.3, -0.25) is 9.69 Å². The minimum Gasteiger partial charge on any atom is -0.489 e. The Morgan fingerprint density at radius 2 is 2.24 bits per heavy atom. The normalized spacial score (nSPS) is 21.0. The second-order valence-corrected chi connectivity index (χ2v) is 6.03. The molecule has 1 saturated heterocycles. The summed E-state index contributed by atoms with van der Waals surface area (Å²) in [6.07, 6.45) is 2.40. The largest absolute Gasteiger partial charge is 0.489 e. The molecule has 0 saturated carbocycles. The van der Waals surface area contributed by atoms with Gasteiger partial charge in [-0.1, -0.05) is 30.1 Å². The number of carbonyl (C=O) groups is 1. The van der Waals surface area contributed by atoms with Crippen LogP contribution in [0.1, 0.15) is 26.2 Å². The number of rotatable bonds is 5. The molecule has 0 aromatic heterocycles. The molecule has 0 radical (unpaired) electrons. The summed E-state index contributed by atoms with van der Waals surface area (Å²) in [6.45, 7) is 3.30. The van der Waals surface area contributed by atoms with Gasteiger partial charge in [0.15, 0.2) is 0 Å². The lowest BCUT2D eigenvalue weighted by molar-refractivity contribution is -0.144.